The molecule has 3 rings (SSSR count). The van der Waals surface area contributed by atoms with Gasteiger partial charge in [0.05, 0.1) is 11.6 Å². The largest absolute Gasteiger partial charge is 1.03 e. The number of hydrogen-bond donors (Lipinski definition) is 0. The van der Waals surface area contributed by atoms with Crippen molar-refractivity contribution >= 4 is 21.5 Å². The molecule has 2 radical (unpaired) electrons. The van der Waals surface area contributed by atoms with E-state index in [9.17, 15) is 0 Å². The molecule has 2 aromatic rings. The quantitative estimate of drug-likeness (QED) is 0.598. The lowest BCUT2D eigenvalue weighted by Gasteiger charge is -2.19. The van der Waals surface area contributed by atoms with E-state index in [0.29, 0.717) is 0 Å². The van der Waals surface area contributed by atoms with Crippen LogP contribution in [0.15, 0.2) is 60.7 Å². The first kappa shape index (κ1) is 14.8. The predicted molar refractivity (Wildman–Crippen MR) is 90.7 cm³/mol. The van der Waals surface area contributed by atoms with Crippen LogP contribution in [0.5, 0.6) is 0 Å². The number of benzene rings is 2. The number of carbonyl (C=O) groups excluding carboxylic acids is 1. The zero-order chi connectivity index (χ0) is 15.6. The van der Waals surface area contributed by atoms with Crippen molar-refractivity contribution in [3.8, 4) is 0 Å². The van der Waals surface area contributed by atoms with Crippen LogP contribution in [0.1, 0.15) is 41.6 Å². The normalized spacial score (nSPS) is 14.9. The van der Waals surface area contributed by atoms with E-state index < -0.39 is 0 Å². The Morgan fingerprint density at radius 1 is 0.864 bits per heavy atom. The second-order valence-corrected chi connectivity index (χ2v) is 6.93. The minimum atomic E-state index is -0.00559. The molecule has 0 amide bonds. The van der Waals surface area contributed by atoms with E-state index in [1.807, 2.05) is 36.4 Å². The van der Waals surface area contributed by atoms with Crippen LogP contribution in [0.3, 0.4) is 0 Å². The highest BCUT2D eigenvalue weighted by Crippen LogP contribution is 2.25. The minimum absolute atomic E-state index is 0.00559. The Hall–Kier alpha value is -2.13. The Balaban J connectivity index is 1.89. The van der Waals surface area contributed by atoms with Crippen molar-refractivity contribution in [2.24, 2.45) is 0 Å². The van der Waals surface area contributed by atoms with Gasteiger partial charge in [-0.05, 0) is 23.1 Å². The Morgan fingerprint density at radius 2 is 1.55 bits per heavy atom. The lowest BCUT2D eigenvalue weighted by molar-refractivity contribution is -0.101. The summed E-state index contributed by atoms with van der Waals surface area (Å²) >= 11 is 0. The van der Waals surface area contributed by atoms with Crippen LogP contribution in [0.4, 0.5) is 0 Å². The van der Waals surface area contributed by atoms with E-state index >= 15 is 0 Å². The van der Waals surface area contributed by atoms with Gasteiger partial charge in [-0.2, -0.15) is 0 Å². The molecule has 0 spiro atoms. The van der Waals surface area contributed by atoms with Crippen LogP contribution in [-0.4, -0.2) is 15.8 Å². The van der Waals surface area contributed by atoms with Crippen molar-refractivity contribution in [1.29, 1.82) is 0 Å². The van der Waals surface area contributed by atoms with E-state index in [-0.39, 0.29) is 15.4 Å². The smallest absolute Gasteiger partial charge is 0.460 e. The van der Waals surface area contributed by atoms with Crippen LogP contribution < -0.4 is 0 Å². The second-order valence-electron chi connectivity index (χ2n) is 6.35. The molecule has 0 atom stereocenters. The molecule has 1 aliphatic rings. The van der Waals surface area contributed by atoms with Crippen LogP contribution in [-0.2, 0) is 9.84 Å². The number of rotatable bonds is 2. The second kappa shape index (κ2) is 5.93. The molecule has 0 N–H and O–H groups in total. The van der Waals surface area contributed by atoms with Crippen molar-refractivity contribution in [3.63, 3.8) is 0 Å². The lowest BCUT2D eigenvalue weighted by Crippen LogP contribution is -2.12. The summed E-state index contributed by atoms with van der Waals surface area (Å²) in [4.78, 5) is 0. The van der Waals surface area contributed by atoms with Gasteiger partial charge in [-0.25, -0.2) is 0 Å². The molecular weight excluding hydrogens is 288 g/mol. The standard InChI is InChI=1S/C19H19O2Si/c1-19(2,3)16-11-9-15(10-12-16)18-13-17(20-22-21-18)14-7-5-4-6-8-14/h4-13H,1-3H3/q+1. The molecule has 0 saturated carbocycles. The molecule has 3 heteroatoms. The highest BCUT2D eigenvalue weighted by molar-refractivity contribution is 6.25. The molecule has 0 aliphatic carbocycles. The topological polar surface area (TPSA) is 20.5 Å². The summed E-state index contributed by atoms with van der Waals surface area (Å²) in [6.07, 6.45) is 1.97. The summed E-state index contributed by atoms with van der Waals surface area (Å²) < 4.78 is 11.3. The summed E-state index contributed by atoms with van der Waals surface area (Å²) in [6, 6.07) is 18.7. The molecule has 2 nitrogen and oxygen atoms in total. The summed E-state index contributed by atoms with van der Waals surface area (Å²) in [6.45, 7) is 6.65. The fourth-order valence-electron chi connectivity index (χ4n) is 2.31. The summed E-state index contributed by atoms with van der Waals surface area (Å²) in [7, 11) is -0.00559. The van der Waals surface area contributed by atoms with Crippen LogP contribution >= 0.6 is 0 Å². The first-order valence-corrected chi connectivity index (χ1v) is 8.19. The van der Waals surface area contributed by atoms with E-state index in [4.69, 9.17) is 8.54 Å². The number of hydrogen-bond acceptors (Lipinski definition) is 1. The average molecular weight is 307 g/mol. The highest BCUT2D eigenvalue weighted by Gasteiger charge is 2.27. The van der Waals surface area contributed by atoms with Gasteiger partial charge in [-0.1, -0.05) is 63.2 Å². The molecule has 110 valence electrons. The first-order valence-electron chi connectivity index (χ1n) is 7.38. The molecule has 0 aromatic heterocycles. The lowest BCUT2D eigenvalue weighted by atomic mass is 9.86. The molecule has 22 heavy (non-hydrogen) atoms. The van der Waals surface area contributed by atoms with E-state index in [1.165, 1.54) is 5.56 Å². The highest BCUT2D eigenvalue weighted by atomic mass is 28.2. The van der Waals surface area contributed by atoms with Gasteiger partial charge in [-0.15, -0.1) is 0 Å². The van der Waals surface area contributed by atoms with E-state index in [2.05, 4.69) is 45.0 Å². The van der Waals surface area contributed by atoms with Crippen molar-refractivity contribution in [3.05, 3.63) is 77.4 Å². The summed E-state index contributed by atoms with van der Waals surface area (Å²) in [5, 5.41) is 0. The Kier molecular flexibility index (Phi) is 3.99. The molecule has 1 heterocycles. The van der Waals surface area contributed by atoms with Gasteiger partial charge in [0, 0.05) is 5.56 Å². The molecule has 0 unspecified atom stereocenters. The monoisotopic (exact) mass is 307 g/mol. The maximum atomic E-state index is 5.69. The van der Waals surface area contributed by atoms with E-state index in [0.717, 1.165) is 22.7 Å². The Labute approximate surface area is 134 Å². The SMILES string of the molecule is CC(C)(C)c1ccc(C2=CC(c3ccccc3)=[O+][Si]O2)cc1. The van der Waals surface area contributed by atoms with Crippen molar-refractivity contribution in [2.75, 3.05) is 0 Å². The predicted octanol–water partition coefficient (Wildman–Crippen LogP) is 4.31. The average Bonchev–Trinajstić information content (AvgIpc) is 2.55. The number of ketones is 1. The van der Waals surface area contributed by atoms with Crippen molar-refractivity contribution in [2.45, 2.75) is 26.2 Å². The fourth-order valence-corrected chi connectivity index (χ4v) is 2.88. The Morgan fingerprint density at radius 3 is 2.18 bits per heavy atom. The molecule has 0 fully saturated rings. The minimum Gasteiger partial charge on any atom is -0.460 e. The first-order chi connectivity index (χ1) is 10.5. The number of allylic oxidation sites excluding steroid dienone is 1. The third-order valence-corrected chi connectivity index (χ3v) is 4.27. The summed E-state index contributed by atoms with van der Waals surface area (Å²) in [5.74, 6) is 1.73. The van der Waals surface area contributed by atoms with Crippen LogP contribution in [0.25, 0.3) is 5.76 Å². The van der Waals surface area contributed by atoms with Gasteiger partial charge in [-0.3, -0.25) is 0 Å². The molecule has 0 saturated heterocycles. The maximum Gasteiger partial charge on any atom is 1.03 e. The third-order valence-electron chi connectivity index (χ3n) is 3.66. The maximum absolute atomic E-state index is 5.69. The summed E-state index contributed by atoms with van der Waals surface area (Å²) in [5.41, 5.74) is 3.63. The molecule has 2 aromatic carbocycles. The van der Waals surface area contributed by atoms with Crippen molar-refractivity contribution in [1.82, 2.24) is 0 Å². The van der Waals surface area contributed by atoms with Gasteiger partial charge in [0.2, 0.25) is 0 Å². The van der Waals surface area contributed by atoms with E-state index in [1.54, 1.807) is 0 Å². The van der Waals surface area contributed by atoms with Gasteiger partial charge in [0.1, 0.15) is 5.76 Å². The van der Waals surface area contributed by atoms with Gasteiger partial charge < -0.3 is 8.54 Å². The zero-order valence-electron chi connectivity index (χ0n) is 13.1. The zero-order valence-corrected chi connectivity index (χ0v) is 14.1. The Bertz CT molecular complexity index is 707. The molecule has 0 bridgehead atoms. The van der Waals surface area contributed by atoms with Crippen molar-refractivity contribution < 1.29 is 8.54 Å². The van der Waals surface area contributed by atoms with Gasteiger partial charge in [0.25, 0.3) is 0 Å². The van der Waals surface area contributed by atoms with Crippen LogP contribution in [0.2, 0.25) is 0 Å². The molecular formula is C19H19O2Si+. The van der Waals surface area contributed by atoms with Gasteiger partial charge >= 0.3 is 15.8 Å². The molecule has 1 aliphatic heterocycles. The fraction of sp³-hybridized carbons (Fsp3) is 0.211. The third kappa shape index (κ3) is 3.20. The van der Waals surface area contributed by atoms with Gasteiger partial charge in [0.15, 0.2) is 0 Å². The van der Waals surface area contributed by atoms with Crippen LogP contribution in [0, 0.1) is 0 Å².